The van der Waals surface area contributed by atoms with Gasteiger partial charge < -0.3 is 5.32 Å². The molecule has 0 aliphatic rings. The third-order valence-electron chi connectivity index (χ3n) is 2.90. The van der Waals surface area contributed by atoms with E-state index in [4.69, 9.17) is 0 Å². The predicted molar refractivity (Wildman–Crippen MR) is 78.8 cm³/mol. The van der Waals surface area contributed by atoms with Gasteiger partial charge in [-0.2, -0.15) is 0 Å². The fourth-order valence-electron chi connectivity index (χ4n) is 1.75. The van der Waals surface area contributed by atoms with E-state index in [9.17, 15) is 0 Å². The Morgan fingerprint density at radius 3 is 2.53 bits per heavy atom. The summed E-state index contributed by atoms with van der Waals surface area (Å²) < 4.78 is 0. The molecule has 0 heterocycles. The fraction of sp³-hybridized carbons (Fsp3) is 0.600. The third-order valence-corrected chi connectivity index (χ3v) is 3.99. The van der Waals surface area contributed by atoms with Crippen LogP contribution in [-0.4, -0.2) is 18.3 Å². The molecule has 0 aliphatic carbocycles. The quantitative estimate of drug-likeness (QED) is 0.790. The van der Waals surface area contributed by atoms with Gasteiger partial charge in [0.05, 0.1) is 0 Å². The maximum absolute atomic E-state index is 3.59. The van der Waals surface area contributed by atoms with Crippen molar-refractivity contribution < 1.29 is 0 Å². The molecule has 0 spiro atoms. The molecule has 0 saturated heterocycles. The lowest BCUT2D eigenvalue weighted by Gasteiger charge is -2.31. The first-order valence-corrected chi connectivity index (χ1v) is 7.35. The fourth-order valence-corrected chi connectivity index (χ4v) is 3.17. The molecular weight excluding hydrogens is 226 g/mol. The van der Waals surface area contributed by atoms with Crippen molar-refractivity contribution in [3.63, 3.8) is 0 Å². The van der Waals surface area contributed by atoms with Gasteiger partial charge in [0.25, 0.3) is 0 Å². The molecule has 96 valence electrons. The molecule has 0 aromatic heterocycles. The second-order valence-electron chi connectivity index (χ2n) is 5.60. The van der Waals surface area contributed by atoms with E-state index in [1.807, 2.05) is 11.8 Å². The Morgan fingerprint density at radius 2 is 2.00 bits per heavy atom. The molecule has 0 fully saturated rings. The number of aryl methyl sites for hydroxylation is 1. The SMILES string of the molecule is CCNC(CSc1cccc(C)c1)C(C)(C)C. The zero-order valence-corrected chi connectivity index (χ0v) is 12.5. The van der Waals surface area contributed by atoms with Crippen LogP contribution in [0.4, 0.5) is 0 Å². The van der Waals surface area contributed by atoms with E-state index < -0.39 is 0 Å². The Morgan fingerprint density at radius 1 is 1.29 bits per heavy atom. The van der Waals surface area contributed by atoms with Crippen molar-refractivity contribution in [2.24, 2.45) is 5.41 Å². The largest absolute Gasteiger partial charge is 0.313 e. The van der Waals surface area contributed by atoms with Crippen LogP contribution in [0.25, 0.3) is 0 Å². The molecule has 0 saturated carbocycles. The molecule has 1 aromatic rings. The highest BCUT2D eigenvalue weighted by Crippen LogP contribution is 2.26. The molecule has 17 heavy (non-hydrogen) atoms. The molecular formula is C15H25NS. The summed E-state index contributed by atoms with van der Waals surface area (Å²) in [6.07, 6.45) is 0. The maximum Gasteiger partial charge on any atom is 0.0210 e. The van der Waals surface area contributed by atoms with Crippen LogP contribution in [0.5, 0.6) is 0 Å². The van der Waals surface area contributed by atoms with E-state index in [-0.39, 0.29) is 0 Å². The minimum absolute atomic E-state index is 0.312. The summed E-state index contributed by atoms with van der Waals surface area (Å²) >= 11 is 1.95. The van der Waals surface area contributed by atoms with Crippen LogP contribution < -0.4 is 5.32 Å². The molecule has 0 aliphatic heterocycles. The van der Waals surface area contributed by atoms with Crippen molar-refractivity contribution in [2.75, 3.05) is 12.3 Å². The minimum Gasteiger partial charge on any atom is -0.313 e. The zero-order valence-electron chi connectivity index (χ0n) is 11.7. The number of hydrogen-bond acceptors (Lipinski definition) is 2. The lowest BCUT2D eigenvalue weighted by molar-refractivity contribution is 0.295. The molecule has 1 atom stereocenters. The van der Waals surface area contributed by atoms with E-state index >= 15 is 0 Å². The lowest BCUT2D eigenvalue weighted by atomic mass is 9.88. The zero-order chi connectivity index (χ0) is 12.9. The molecule has 0 bridgehead atoms. The van der Waals surface area contributed by atoms with Gasteiger partial charge in [-0.1, -0.05) is 45.4 Å². The van der Waals surface area contributed by atoms with Crippen molar-refractivity contribution >= 4 is 11.8 Å². The monoisotopic (exact) mass is 251 g/mol. The highest BCUT2D eigenvalue weighted by atomic mass is 32.2. The van der Waals surface area contributed by atoms with Gasteiger partial charge in [-0.15, -0.1) is 11.8 Å². The highest BCUT2D eigenvalue weighted by molar-refractivity contribution is 7.99. The van der Waals surface area contributed by atoms with Crippen LogP contribution in [0.3, 0.4) is 0 Å². The van der Waals surface area contributed by atoms with Gasteiger partial charge in [0.1, 0.15) is 0 Å². The Kier molecular flexibility index (Phi) is 5.54. The van der Waals surface area contributed by atoms with E-state index in [1.54, 1.807) is 0 Å². The van der Waals surface area contributed by atoms with Crippen molar-refractivity contribution in [2.45, 2.75) is 45.6 Å². The standard InChI is InChI=1S/C15H25NS/c1-6-16-14(15(3,4)5)11-17-13-9-7-8-12(2)10-13/h7-10,14,16H,6,11H2,1-5H3. The summed E-state index contributed by atoms with van der Waals surface area (Å²) in [6.45, 7) is 12.3. The van der Waals surface area contributed by atoms with Gasteiger partial charge in [0.2, 0.25) is 0 Å². The Hall–Kier alpha value is -0.470. The van der Waals surface area contributed by atoms with Gasteiger partial charge in [-0.05, 0) is 31.0 Å². The molecule has 1 N–H and O–H groups in total. The second-order valence-corrected chi connectivity index (χ2v) is 6.70. The van der Waals surface area contributed by atoms with Crippen molar-refractivity contribution in [3.05, 3.63) is 29.8 Å². The summed E-state index contributed by atoms with van der Waals surface area (Å²) in [4.78, 5) is 1.37. The number of benzene rings is 1. The number of hydrogen-bond donors (Lipinski definition) is 1. The highest BCUT2D eigenvalue weighted by Gasteiger charge is 2.23. The maximum atomic E-state index is 3.59. The first kappa shape index (κ1) is 14.6. The van der Waals surface area contributed by atoms with E-state index in [2.05, 4.69) is 64.2 Å². The summed E-state index contributed by atoms with van der Waals surface area (Å²) in [5.74, 6) is 1.13. The molecule has 1 rings (SSSR count). The van der Waals surface area contributed by atoms with Gasteiger partial charge in [-0.25, -0.2) is 0 Å². The Labute approximate surface area is 110 Å². The molecule has 0 amide bonds. The lowest BCUT2D eigenvalue weighted by Crippen LogP contribution is -2.42. The smallest absolute Gasteiger partial charge is 0.0210 e. The number of nitrogens with one attached hydrogen (secondary N) is 1. The summed E-state index contributed by atoms with van der Waals surface area (Å²) in [5.41, 5.74) is 1.65. The Bertz CT molecular complexity index is 341. The topological polar surface area (TPSA) is 12.0 Å². The van der Waals surface area contributed by atoms with Crippen LogP contribution in [0.2, 0.25) is 0 Å². The van der Waals surface area contributed by atoms with E-state index in [0.29, 0.717) is 11.5 Å². The molecule has 1 nitrogen and oxygen atoms in total. The molecule has 1 aromatic carbocycles. The molecule has 1 unspecified atom stereocenters. The summed E-state index contributed by atoms with van der Waals surface area (Å²) in [7, 11) is 0. The van der Waals surface area contributed by atoms with Crippen molar-refractivity contribution in [3.8, 4) is 0 Å². The predicted octanol–water partition coefficient (Wildman–Crippen LogP) is 4.11. The van der Waals surface area contributed by atoms with E-state index in [0.717, 1.165) is 12.3 Å². The molecule has 0 radical (unpaired) electrons. The molecule has 2 heteroatoms. The first-order chi connectivity index (χ1) is 7.93. The number of thioether (sulfide) groups is 1. The summed E-state index contributed by atoms with van der Waals surface area (Å²) in [6, 6.07) is 9.30. The summed E-state index contributed by atoms with van der Waals surface area (Å²) in [5, 5.41) is 3.59. The van der Waals surface area contributed by atoms with Crippen LogP contribution >= 0.6 is 11.8 Å². The van der Waals surface area contributed by atoms with E-state index in [1.165, 1.54) is 10.5 Å². The van der Waals surface area contributed by atoms with Gasteiger partial charge >= 0.3 is 0 Å². The average Bonchev–Trinajstić information content (AvgIpc) is 2.22. The van der Waals surface area contributed by atoms with Crippen LogP contribution in [-0.2, 0) is 0 Å². The Balaban J connectivity index is 2.58. The van der Waals surface area contributed by atoms with Crippen molar-refractivity contribution in [1.29, 1.82) is 0 Å². The normalized spacial score (nSPS) is 13.7. The average molecular weight is 251 g/mol. The first-order valence-electron chi connectivity index (χ1n) is 6.36. The van der Waals surface area contributed by atoms with Crippen LogP contribution in [0, 0.1) is 12.3 Å². The van der Waals surface area contributed by atoms with Gasteiger partial charge in [-0.3, -0.25) is 0 Å². The van der Waals surface area contributed by atoms with Gasteiger partial charge in [0, 0.05) is 16.7 Å². The number of rotatable bonds is 5. The van der Waals surface area contributed by atoms with Crippen LogP contribution in [0.1, 0.15) is 33.3 Å². The van der Waals surface area contributed by atoms with Crippen molar-refractivity contribution in [1.82, 2.24) is 5.32 Å². The van der Waals surface area contributed by atoms with Crippen LogP contribution in [0.15, 0.2) is 29.2 Å². The minimum atomic E-state index is 0.312. The second kappa shape index (κ2) is 6.46. The third kappa shape index (κ3) is 5.13. The van der Waals surface area contributed by atoms with Gasteiger partial charge in [0.15, 0.2) is 0 Å².